The van der Waals surface area contributed by atoms with Crippen LogP contribution in [0.5, 0.6) is 0 Å². The number of aromatic amines is 1. The van der Waals surface area contributed by atoms with Crippen LogP contribution >= 0.6 is 0 Å². The average Bonchev–Trinajstić information content (AvgIpc) is 2.67. The summed E-state index contributed by atoms with van der Waals surface area (Å²) in [6.07, 6.45) is 1.03. The quantitative estimate of drug-likeness (QED) is 0.858. The van der Waals surface area contributed by atoms with Crippen molar-refractivity contribution in [1.29, 1.82) is 0 Å². The van der Waals surface area contributed by atoms with Crippen LogP contribution in [-0.2, 0) is 9.84 Å². The van der Waals surface area contributed by atoms with Gasteiger partial charge in [0, 0.05) is 6.04 Å². The van der Waals surface area contributed by atoms with E-state index in [0.29, 0.717) is 12.8 Å². The number of H-pyrrole nitrogens is 1. The third-order valence-corrected chi connectivity index (χ3v) is 5.54. The zero-order valence-corrected chi connectivity index (χ0v) is 11.5. The molecule has 5 nitrogen and oxygen atoms in total. The predicted octanol–water partition coefficient (Wildman–Crippen LogP) is 1.39. The monoisotopic (exact) mass is 280 g/mol. The fourth-order valence-electron chi connectivity index (χ4n) is 2.84. The molecule has 2 aromatic rings. The van der Waals surface area contributed by atoms with Crippen LogP contribution < -0.4 is 5.69 Å². The van der Waals surface area contributed by atoms with Crippen molar-refractivity contribution < 1.29 is 8.42 Å². The van der Waals surface area contributed by atoms with E-state index in [-0.39, 0.29) is 23.2 Å². The van der Waals surface area contributed by atoms with Gasteiger partial charge in [0.05, 0.1) is 22.5 Å². The SMILES string of the molecule is Cc1cccc2[nH]c(=O)n(C3CCS(=O)(=O)CC3)c12. The van der Waals surface area contributed by atoms with E-state index in [4.69, 9.17) is 0 Å². The molecule has 0 atom stereocenters. The van der Waals surface area contributed by atoms with Crippen molar-refractivity contribution in [3.8, 4) is 0 Å². The van der Waals surface area contributed by atoms with E-state index in [9.17, 15) is 13.2 Å². The molecule has 0 unspecified atom stereocenters. The smallest absolute Gasteiger partial charge is 0.306 e. The molecule has 1 aromatic heterocycles. The molecule has 0 bridgehead atoms. The minimum atomic E-state index is -2.91. The Morgan fingerprint density at radius 1 is 1.26 bits per heavy atom. The first-order valence-corrected chi connectivity index (χ1v) is 8.20. The minimum absolute atomic E-state index is 0.0223. The molecule has 19 heavy (non-hydrogen) atoms. The zero-order valence-electron chi connectivity index (χ0n) is 10.7. The second kappa shape index (κ2) is 4.23. The van der Waals surface area contributed by atoms with Gasteiger partial charge in [-0.1, -0.05) is 12.1 Å². The first kappa shape index (κ1) is 12.5. The Bertz CT molecular complexity index is 772. The molecule has 1 aromatic carbocycles. The zero-order chi connectivity index (χ0) is 13.6. The number of imidazole rings is 1. The van der Waals surface area contributed by atoms with Gasteiger partial charge in [-0.25, -0.2) is 13.2 Å². The Morgan fingerprint density at radius 3 is 2.63 bits per heavy atom. The highest BCUT2D eigenvalue weighted by atomic mass is 32.2. The highest BCUT2D eigenvalue weighted by molar-refractivity contribution is 7.91. The Labute approximate surface area is 111 Å². The average molecular weight is 280 g/mol. The van der Waals surface area contributed by atoms with Crippen molar-refractivity contribution in [3.63, 3.8) is 0 Å². The second-order valence-corrected chi connectivity index (χ2v) is 7.46. The number of nitrogens with one attached hydrogen (secondary N) is 1. The number of nitrogens with zero attached hydrogens (tertiary/aromatic N) is 1. The fraction of sp³-hybridized carbons (Fsp3) is 0.462. The summed E-state index contributed by atoms with van der Waals surface area (Å²) in [5, 5.41) is 0. The summed E-state index contributed by atoms with van der Waals surface area (Å²) in [5.74, 6) is 0.339. The number of fused-ring (bicyclic) bond motifs is 1. The maximum Gasteiger partial charge on any atom is 0.326 e. The molecule has 1 saturated heterocycles. The number of aromatic nitrogens is 2. The lowest BCUT2D eigenvalue weighted by atomic mass is 10.1. The summed E-state index contributed by atoms with van der Waals surface area (Å²) in [6, 6.07) is 5.72. The second-order valence-electron chi connectivity index (χ2n) is 5.15. The highest BCUT2D eigenvalue weighted by Crippen LogP contribution is 2.27. The topological polar surface area (TPSA) is 71.9 Å². The van der Waals surface area contributed by atoms with E-state index >= 15 is 0 Å². The van der Waals surface area contributed by atoms with Crippen LogP contribution in [0.2, 0.25) is 0 Å². The molecule has 1 N–H and O–H groups in total. The number of para-hydroxylation sites is 1. The molecule has 1 aliphatic rings. The molecule has 0 amide bonds. The van der Waals surface area contributed by atoms with E-state index in [1.165, 1.54) is 0 Å². The van der Waals surface area contributed by atoms with Gasteiger partial charge in [0.15, 0.2) is 0 Å². The minimum Gasteiger partial charge on any atom is -0.306 e. The van der Waals surface area contributed by atoms with E-state index in [1.807, 2.05) is 25.1 Å². The number of aryl methyl sites for hydroxylation is 1. The Morgan fingerprint density at radius 2 is 1.95 bits per heavy atom. The van der Waals surface area contributed by atoms with Crippen molar-refractivity contribution in [2.75, 3.05) is 11.5 Å². The highest BCUT2D eigenvalue weighted by Gasteiger charge is 2.27. The van der Waals surface area contributed by atoms with Crippen LogP contribution in [-0.4, -0.2) is 29.5 Å². The predicted molar refractivity (Wildman–Crippen MR) is 74.2 cm³/mol. The van der Waals surface area contributed by atoms with E-state index < -0.39 is 9.84 Å². The molecule has 1 aliphatic heterocycles. The van der Waals surface area contributed by atoms with Gasteiger partial charge >= 0.3 is 5.69 Å². The molecule has 102 valence electrons. The van der Waals surface area contributed by atoms with E-state index in [0.717, 1.165) is 16.6 Å². The number of benzene rings is 1. The lowest BCUT2D eigenvalue weighted by molar-refractivity contribution is 0.449. The van der Waals surface area contributed by atoms with Crippen LogP contribution in [0.15, 0.2) is 23.0 Å². The van der Waals surface area contributed by atoms with Crippen molar-refractivity contribution in [3.05, 3.63) is 34.2 Å². The number of sulfone groups is 1. The van der Waals surface area contributed by atoms with E-state index in [1.54, 1.807) is 4.57 Å². The standard InChI is InChI=1S/C13H16N2O3S/c1-9-3-2-4-11-12(9)15(13(16)14-11)10-5-7-19(17,18)8-6-10/h2-4,10H,5-8H2,1H3,(H,14,16). The summed E-state index contributed by atoms with van der Waals surface area (Å²) < 4.78 is 24.7. The van der Waals surface area contributed by atoms with Gasteiger partial charge < -0.3 is 4.98 Å². The number of hydrogen-bond donors (Lipinski definition) is 1. The fourth-order valence-corrected chi connectivity index (χ4v) is 4.31. The van der Waals surface area contributed by atoms with E-state index in [2.05, 4.69) is 4.98 Å². The lowest BCUT2D eigenvalue weighted by Crippen LogP contribution is -2.30. The largest absolute Gasteiger partial charge is 0.326 e. The molecule has 1 fully saturated rings. The van der Waals surface area contributed by atoms with Crippen LogP contribution in [0.1, 0.15) is 24.4 Å². The first-order valence-electron chi connectivity index (χ1n) is 6.38. The van der Waals surface area contributed by atoms with Crippen LogP contribution in [0, 0.1) is 6.92 Å². The molecule has 6 heteroatoms. The maximum atomic E-state index is 12.1. The molecule has 3 rings (SSSR count). The normalized spacial score (nSPS) is 19.8. The van der Waals surface area contributed by atoms with Gasteiger partial charge in [-0.05, 0) is 31.4 Å². The number of hydrogen-bond acceptors (Lipinski definition) is 3. The first-order chi connectivity index (χ1) is 8.98. The third-order valence-electron chi connectivity index (χ3n) is 3.83. The molecule has 0 radical (unpaired) electrons. The Kier molecular flexibility index (Phi) is 2.78. The molecule has 2 heterocycles. The van der Waals surface area contributed by atoms with Crippen molar-refractivity contribution >= 4 is 20.9 Å². The van der Waals surface area contributed by atoms with Gasteiger partial charge in [-0.2, -0.15) is 0 Å². The lowest BCUT2D eigenvalue weighted by Gasteiger charge is -2.23. The Balaban J connectivity index is 2.11. The van der Waals surface area contributed by atoms with Crippen molar-refractivity contribution in [2.45, 2.75) is 25.8 Å². The van der Waals surface area contributed by atoms with Crippen molar-refractivity contribution in [1.82, 2.24) is 9.55 Å². The molecule has 0 aliphatic carbocycles. The third kappa shape index (κ3) is 2.10. The summed E-state index contributed by atoms with van der Waals surface area (Å²) in [7, 11) is -2.91. The Hall–Kier alpha value is -1.56. The summed E-state index contributed by atoms with van der Waals surface area (Å²) in [5.41, 5.74) is 2.60. The van der Waals surface area contributed by atoms with Gasteiger partial charge in [0.2, 0.25) is 0 Å². The van der Waals surface area contributed by atoms with Gasteiger partial charge in [-0.15, -0.1) is 0 Å². The van der Waals surface area contributed by atoms with Crippen molar-refractivity contribution in [2.24, 2.45) is 0 Å². The number of rotatable bonds is 1. The summed E-state index contributed by atoms with van der Waals surface area (Å²) >= 11 is 0. The summed E-state index contributed by atoms with van der Waals surface area (Å²) in [6.45, 7) is 1.96. The van der Waals surface area contributed by atoms with Crippen LogP contribution in [0.25, 0.3) is 11.0 Å². The van der Waals surface area contributed by atoms with Gasteiger partial charge in [0.1, 0.15) is 9.84 Å². The van der Waals surface area contributed by atoms with Gasteiger partial charge in [0.25, 0.3) is 0 Å². The van der Waals surface area contributed by atoms with Crippen LogP contribution in [0.3, 0.4) is 0 Å². The molecule has 0 spiro atoms. The maximum absolute atomic E-state index is 12.1. The van der Waals surface area contributed by atoms with Gasteiger partial charge in [-0.3, -0.25) is 4.57 Å². The molecular weight excluding hydrogens is 264 g/mol. The van der Waals surface area contributed by atoms with Crippen LogP contribution in [0.4, 0.5) is 0 Å². The molecule has 0 saturated carbocycles. The summed E-state index contributed by atoms with van der Waals surface area (Å²) in [4.78, 5) is 15.0. The molecular formula is C13H16N2O3S.